The molecule has 0 heterocycles. The molecule has 0 radical (unpaired) electrons. The van der Waals surface area contributed by atoms with Crippen LogP contribution in [0.4, 0.5) is 0 Å². The fraction of sp³-hybridized carbons (Fsp3) is 0.867. The molecule has 2 rings (SSSR count). The van der Waals surface area contributed by atoms with Gasteiger partial charge in [0.2, 0.25) is 0 Å². The number of allylic oxidation sites excluding steroid dienone is 1. The standard InChI is InChI=1S/C15H27NO/c1-3-17-14-9-12(10-14)11-15(16-2)13-7-5-4-6-8-13/h7,12,14-16H,3-6,8-11H2,1-2H3. The summed E-state index contributed by atoms with van der Waals surface area (Å²) in [6.07, 6.45) is 12.3. The van der Waals surface area contributed by atoms with Gasteiger partial charge in [-0.15, -0.1) is 0 Å². The van der Waals surface area contributed by atoms with Gasteiger partial charge >= 0.3 is 0 Å². The molecule has 1 atom stereocenters. The Hall–Kier alpha value is -0.340. The quantitative estimate of drug-likeness (QED) is 0.716. The van der Waals surface area contributed by atoms with Crippen LogP contribution in [0.25, 0.3) is 0 Å². The maximum atomic E-state index is 5.63. The van der Waals surface area contributed by atoms with Crippen molar-refractivity contribution in [3.05, 3.63) is 11.6 Å². The first-order valence-corrected chi connectivity index (χ1v) is 7.31. The second-order valence-electron chi connectivity index (χ2n) is 5.52. The zero-order valence-corrected chi connectivity index (χ0v) is 11.4. The zero-order valence-electron chi connectivity index (χ0n) is 11.4. The minimum absolute atomic E-state index is 0.558. The van der Waals surface area contributed by atoms with Gasteiger partial charge in [-0.25, -0.2) is 0 Å². The molecule has 17 heavy (non-hydrogen) atoms. The van der Waals surface area contributed by atoms with Crippen LogP contribution in [-0.2, 0) is 4.74 Å². The summed E-state index contributed by atoms with van der Waals surface area (Å²) in [6, 6.07) is 0.628. The molecule has 0 bridgehead atoms. The first-order chi connectivity index (χ1) is 8.33. The van der Waals surface area contributed by atoms with Crippen LogP contribution in [0.3, 0.4) is 0 Å². The van der Waals surface area contributed by atoms with Crippen LogP contribution < -0.4 is 5.32 Å². The first-order valence-electron chi connectivity index (χ1n) is 7.31. The predicted molar refractivity (Wildman–Crippen MR) is 72.2 cm³/mol. The molecule has 0 amide bonds. The molecular formula is C15H27NO. The van der Waals surface area contributed by atoms with Crippen molar-refractivity contribution in [2.24, 2.45) is 5.92 Å². The number of hydrogen-bond donors (Lipinski definition) is 1. The number of rotatable bonds is 6. The van der Waals surface area contributed by atoms with Gasteiger partial charge in [0, 0.05) is 12.6 Å². The van der Waals surface area contributed by atoms with E-state index in [1.54, 1.807) is 5.57 Å². The minimum Gasteiger partial charge on any atom is -0.378 e. The fourth-order valence-corrected chi connectivity index (χ4v) is 3.21. The van der Waals surface area contributed by atoms with Crippen molar-refractivity contribution < 1.29 is 4.74 Å². The van der Waals surface area contributed by atoms with Crippen molar-refractivity contribution in [1.82, 2.24) is 5.32 Å². The van der Waals surface area contributed by atoms with Gasteiger partial charge in [0.05, 0.1) is 6.10 Å². The smallest absolute Gasteiger partial charge is 0.0580 e. The lowest BCUT2D eigenvalue weighted by molar-refractivity contribution is -0.0281. The van der Waals surface area contributed by atoms with Crippen LogP contribution in [-0.4, -0.2) is 25.8 Å². The molecule has 1 unspecified atom stereocenters. The van der Waals surface area contributed by atoms with Gasteiger partial charge in [0.15, 0.2) is 0 Å². The van der Waals surface area contributed by atoms with Gasteiger partial charge in [-0.1, -0.05) is 11.6 Å². The van der Waals surface area contributed by atoms with E-state index in [4.69, 9.17) is 4.74 Å². The Morgan fingerprint density at radius 2 is 2.24 bits per heavy atom. The summed E-state index contributed by atoms with van der Waals surface area (Å²) in [7, 11) is 2.11. The molecule has 2 aliphatic rings. The summed E-state index contributed by atoms with van der Waals surface area (Å²) >= 11 is 0. The van der Waals surface area contributed by atoms with Crippen molar-refractivity contribution in [3.63, 3.8) is 0 Å². The number of nitrogens with one attached hydrogen (secondary N) is 1. The molecule has 98 valence electrons. The molecule has 0 spiro atoms. The molecule has 0 aromatic carbocycles. The SMILES string of the molecule is CCOC1CC(CC(NC)C2=CCCCC2)C1. The van der Waals surface area contributed by atoms with Gasteiger partial charge in [-0.2, -0.15) is 0 Å². The molecule has 2 heteroatoms. The number of likely N-dealkylation sites (N-methyl/N-ethyl adjacent to an activating group) is 1. The lowest BCUT2D eigenvalue weighted by Gasteiger charge is -2.37. The molecule has 0 aromatic rings. The monoisotopic (exact) mass is 237 g/mol. The number of hydrogen-bond acceptors (Lipinski definition) is 2. The average molecular weight is 237 g/mol. The highest BCUT2D eigenvalue weighted by Gasteiger charge is 2.31. The highest BCUT2D eigenvalue weighted by Crippen LogP contribution is 2.35. The second-order valence-corrected chi connectivity index (χ2v) is 5.52. The Labute approximate surface area is 106 Å². The van der Waals surface area contributed by atoms with E-state index in [2.05, 4.69) is 25.4 Å². The lowest BCUT2D eigenvalue weighted by atomic mass is 9.76. The molecule has 1 saturated carbocycles. The van der Waals surface area contributed by atoms with E-state index >= 15 is 0 Å². The predicted octanol–water partition coefficient (Wildman–Crippen LogP) is 3.28. The summed E-state index contributed by atoms with van der Waals surface area (Å²) in [5.74, 6) is 0.881. The zero-order chi connectivity index (χ0) is 12.1. The maximum Gasteiger partial charge on any atom is 0.0580 e. The van der Waals surface area contributed by atoms with Crippen molar-refractivity contribution in [2.75, 3.05) is 13.7 Å². The molecule has 1 N–H and O–H groups in total. The average Bonchev–Trinajstić information content (AvgIpc) is 2.33. The molecular weight excluding hydrogens is 210 g/mol. The van der Waals surface area contributed by atoms with Gasteiger partial charge < -0.3 is 10.1 Å². The summed E-state index contributed by atoms with van der Waals surface area (Å²) in [5.41, 5.74) is 1.67. The normalized spacial score (nSPS) is 30.6. The Morgan fingerprint density at radius 3 is 2.82 bits per heavy atom. The summed E-state index contributed by atoms with van der Waals surface area (Å²) in [4.78, 5) is 0. The third kappa shape index (κ3) is 3.56. The first kappa shape index (κ1) is 13.1. The van der Waals surface area contributed by atoms with E-state index in [0.717, 1.165) is 12.5 Å². The summed E-state index contributed by atoms with van der Waals surface area (Å²) in [5, 5.41) is 3.51. The Morgan fingerprint density at radius 1 is 1.41 bits per heavy atom. The Kier molecular flexibility index (Phi) is 5.05. The van der Waals surface area contributed by atoms with Crippen molar-refractivity contribution >= 4 is 0 Å². The van der Waals surface area contributed by atoms with Crippen molar-refractivity contribution in [2.45, 2.75) is 64.0 Å². The van der Waals surface area contributed by atoms with Gasteiger partial charge in [-0.3, -0.25) is 0 Å². The molecule has 2 aliphatic carbocycles. The van der Waals surface area contributed by atoms with E-state index in [-0.39, 0.29) is 0 Å². The van der Waals surface area contributed by atoms with E-state index in [9.17, 15) is 0 Å². The fourth-order valence-electron chi connectivity index (χ4n) is 3.21. The highest BCUT2D eigenvalue weighted by atomic mass is 16.5. The van der Waals surface area contributed by atoms with Crippen molar-refractivity contribution in [1.29, 1.82) is 0 Å². The van der Waals surface area contributed by atoms with Crippen LogP contribution in [0.1, 0.15) is 51.9 Å². The Balaban J connectivity index is 1.75. The molecule has 0 saturated heterocycles. The summed E-state index contributed by atoms with van der Waals surface area (Å²) in [6.45, 7) is 2.97. The topological polar surface area (TPSA) is 21.3 Å². The molecule has 1 fully saturated rings. The van der Waals surface area contributed by atoms with Crippen LogP contribution in [0.15, 0.2) is 11.6 Å². The van der Waals surface area contributed by atoms with Crippen LogP contribution in [0.5, 0.6) is 0 Å². The molecule has 0 aromatic heterocycles. The van der Waals surface area contributed by atoms with E-state index in [1.807, 2.05) is 0 Å². The molecule has 2 nitrogen and oxygen atoms in total. The minimum atomic E-state index is 0.558. The van der Waals surface area contributed by atoms with Crippen LogP contribution in [0.2, 0.25) is 0 Å². The van der Waals surface area contributed by atoms with Crippen molar-refractivity contribution in [3.8, 4) is 0 Å². The summed E-state index contributed by atoms with van der Waals surface area (Å²) < 4.78 is 5.63. The van der Waals surface area contributed by atoms with Crippen LogP contribution in [0, 0.1) is 5.92 Å². The van der Waals surface area contributed by atoms with Crippen LogP contribution >= 0.6 is 0 Å². The third-order valence-electron chi connectivity index (χ3n) is 4.29. The van der Waals surface area contributed by atoms with E-state index in [1.165, 1.54) is 44.9 Å². The third-order valence-corrected chi connectivity index (χ3v) is 4.29. The second kappa shape index (κ2) is 6.55. The van der Waals surface area contributed by atoms with E-state index in [0.29, 0.717) is 12.1 Å². The van der Waals surface area contributed by atoms with E-state index < -0.39 is 0 Å². The maximum absolute atomic E-state index is 5.63. The number of ether oxygens (including phenoxy) is 1. The van der Waals surface area contributed by atoms with Gasteiger partial charge in [0.1, 0.15) is 0 Å². The molecule has 0 aliphatic heterocycles. The van der Waals surface area contributed by atoms with Gasteiger partial charge in [0.25, 0.3) is 0 Å². The highest BCUT2D eigenvalue weighted by molar-refractivity contribution is 5.13. The largest absolute Gasteiger partial charge is 0.378 e. The lowest BCUT2D eigenvalue weighted by Crippen LogP contribution is -2.38. The van der Waals surface area contributed by atoms with Gasteiger partial charge in [-0.05, 0) is 64.8 Å². The Bertz CT molecular complexity index is 256.